The second-order valence-electron chi connectivity index (χ2n) is 15.7. The van der Waals surface area contributed by atoms with E-state index in [0.29, 0.717) is 37.2 Å². The van der Waals surface area contributed by atoms with Gasteiger partial charge in [0.15, 0.2) is 5.96 Å². The molecule has 2 aliphatic carbocycles. The van der Waals surface area contributed by atoms with Crippen LogP contribution in [-0.2, 0) is 31.6 Å². The van der Waals surface area contributed by atoms with E-state index in [1.54, 1.807) is 6.07 Å². The average Bonchev–Trinajstić information content (AvgIpc) is 3.82. The molecule has 2 fully saturated rings. The quantitative estimate of drug-likeness (QED) is 0.0832. The van der Waals surface area contributed by atoms with Crippen molar-refractivity contribution in [3.63, 3.8) is 0 Å². The maximum absolute atomic E-state index is 14.1. The van der Waals surface area contributed by atoms with E-state index in [0.717, 1.165) is 63.6 Å². The fourth-order valence-electron chi connectivity index (χ4n) is 8.65. The minimum Gasteiger partial charge on any atom is -0.508 e. The Hall–Kier alpha value is -4.12. The van der Waals surface area contributed by atoms with Crippen molar-refractivity contribution < 1.29 is 19.5 Å². The summed E-state index contributed by atoms with van der Waals surface area (Å²) in [5.41, 5.74) is 13.6. The number of benzene rings is 2. The summed E-state index contributed by atoms with van der Waals surface area (Å²) in [5, 5.41) is 19.1. The van der Waals surface area contributed by atoms with Gasteiger partial charge >= 0.3 is 0 Å². The topological polar surface area (TPSA) is 175 Å². The number of fused-ring (bicyclic) bond motifs is 4. The summed E-state index contributed by atoms with van der Waals surface area (Å²) in [5.74, 6) is 0.417. The van der Waals surface area contributed by atoms with Gasteiger partial charge in [0.2, 0.25) is 17.7 Å². The van der Waals surface area contributed by atoms with Crippen molar-refractivity contribution >= 4 is 23.7 Å². The van der Waals surface area contributed by atoms with E-state index in [1.165, 1.54) is 11.1 Å². The van der Waals surface area contributed by atoms with Crippen molar-refractivity contribution in [2.45, 2.75) is 102 Å². The summed E-state index contributed by atoms with van der Waals surface area (Å²) < 4.78 is 0. The first-order chi connectivity index (χ1) is 24.3. The van der Waals surface area contributed by atoms with Gasteiger partial charge in [-0.1, -0.05) is 76.9 Å². The molecule has 1 saturated heterocycles. The van der Waals surface area contributed by atoms with Gasteiger partial charge in [-0.15, -0.1) is 0 Å². The zero-order valence-electron chi connectivity index (χ0n) is 30.9. The van der Waals surface area contributed by atoms with Gasteiger partial charge in [-0.05, 0) is 97.1 Å². The summed E-state index contributed by atoms with van der Waals surface area (Å²) >= 11 is 0. The number of carbonyl (C=O) groups is 3. The lowest BCUT2D eigenvalue weighted by molar-refractivity contribution is -0.130. The van der Waals surface area contributed by atoms with Gasteiger partial charge in [0.05, 0.1) is 12.0 Å². The molecule has 3 aliphatic rings. The number of guanidine groups is 1. The van der Waals surface area contributed by atoms with Crippen molar-refractivity contribution in [3.8, 4) is 5.75 Å². The van der Waals surface area contributed by atoms with E-state index < -0.39 is 11.5 Å². The number of phenolic OH excluding ortho intramolecular Hbond substituents is 1. The van der Waals surface area contributed by atoms with Crippen LogP contribution >= 0.6 is 0 Å². The first-order valence-electron chi connectivity index (χ1n) is 18.9. The lowest BCUT2D eigenvalue weighted by Gasteiger charge is -2.55. The van der Waals surface area contributed by atoms with Crippen molar-refractivity contribution in [3.05, 3.63) is 65.2 Å². The lowest BCUT2D eigenvalue weighted by Crippen LogP contribution is -2.58. The number of aromatic hydroxyl groups is 1. The first kappa shape index (κ1) is 38.1. The van der Waals surface area contributed by atoms with E-state index in [4.69, 9.17) is 11.5 Å². The van der Waals surface area contributed by atoms with Gasteiger partial charge in [-0.3, -0.25) is 24.3 Å². The number of nitrogens with zero attached hydrogens (tertiary/aromatic N) is 2. The van der Waals surface area contributed by atoms with Crippen LogP contribution in [-0.4, -0.2) is 78.5 Å². The Balaban J connectivity index is 1.17. The van der Waals surface area contributed by atoms with Crippen molar-refractivity contribution in [2.75, 3.05) is 32.7 Å². The minimum atomic E-state index is -0.706. The SMILES string of the molecule is CC(C)C[C@@H](NC(=O)CNC(=O)[C@@]1(c2ccccc2)C[C@H]1CN1CC[C@@]2(C)c3cc(O)ccc3C[C@@H]1[C@@H]2C)C(=O)NCCCCCCN=C(N)N. The molecule has 0 radical (unpaired) electrons. The van der Waals surface area contributed by atoms with Crippen LogP contribution in [0, 0.1) is 17.8 Å². The normalized spacial score (nSPS) is 25.7. The van der Waals surface area contributed by atoms with E-state index in [1.807, 2.05) is 50.2 Å². The zero-order valence-corrected chi connectivity index (χ0v) is 30.9. The summed E-state index contributed by atoms with van der Waals surface area (Å²) in [6.45, 7) is 11.4. The highest BCUT2D eigenvalue weighted by molar-refractivity contribution is 5.95. The third kappa shape index (κ3) is 8.86. The van der Waals surface area contributed by atoms with Crippen molar-refractivity contribution in [1.29, 1.82) is 0 Å². The number of amides is 3. The van der Waals surface area contributed by atoms with Crippen LogP contribution in [0.15, 0.2) is 53.5 Å². The molecule has 51 heavy (non-hydrogen) atoms. The predicted octanol–water partition coefficient (Wildman–Crippen LogP) is 3.47. The predicted molar refractivity (Wildman–Crippen MR) is 201 cm³/mol. The minimum absolute atomic E-state index is 0.00123. The number of likely N-dealkylation sites (tertiary alicyclic amines) is 1. The molecule has 11 heteroatoms. The van der Waals surface area contributed by atoms with Crippen LogP contribution in [0.1, 0.15) is 89.3 Å². The Labute approximate surface area is 303 Å². The number of rotatable bonds is 17. The number of hydrogen-bond acceptors (Lipinski definition) is 6. The average molecular weight is 702 g/mol. The van der Waals surface area contributed by atoms with E-state index in [-0.39, 0.29) is 47.5 Å². The van der Waals surface area contributed by atoms with E-state index >= 15 is 0 Å². The molecule has 11 nitrogen and oxygen atoms in total. The maximum Gasteiger partial charge on any atom is 0.242 e. The zero-order chi connectivity index (χ0) is 36.8. The maximum atomic E-state index is 14.1. The summed E-state index contributed by atoms with van der Waals surface area (Å²) in [6, 6.07) is 15.4. The highest BCUT2D eigenvalue weighted by Crippen LogP contribution is 2.56. The van der Waals surface area contributed by atoms with Crippen molar-refractivity contribution in [2.24, 2.45) is 34.2 Å². The third-order valence-electron chi connectivity index (χ3n) is 11.8. The molecule has 0 unspecified atom stereocenters. The van der Waals surface area contributed by atoms with Gasteiger partial charge in [-0.2, -0.15) is 0 Å². The smallest absolute Gasteiger partial charge is 0.242 e. The monoisotopic (exact) mass is 701 g/mol. The third-order valence-corrected chi connectivity index (χ3v) is 11.8. The molecule has 6 atom stereocenters. The first-order valence-corrected chi connectivity index (χ1v) is 18.9. The van der Waals surface area contributed by atoms with Crippen molar-refractivity contribution in [1.82, 2.24) is 20.9 Å². The van der Waals surface area contributed by atoms with Gasteiger partial charge in [0.25, 0.3) is 0 Å². The number of nitrogens with one attached hydrogen (secondary N) is 3. The number of piperidine rings is 1. The molecular formula is C40H59N7O4. The molecule has 278 valence electrons. The number of hydrogen-bond donors (Lipinski definition) is 6. The summed E-state index contributed by atoms with van der Waals surface area (Å²) in [6.07, 6.45) is 6.74. The van der Waals surface area contributed by atoms with Crippen LogP contribution in [0.25, 0.3) is 0 Å². The Bertz CT molecular complexity index is 1560. The Morgan fingerprint density at radius 3 is 2.51 bits per heavy atom. The van der Waals surface area contributed by atoms with Crippen LogP contribution in [0.2, 0.25) is 0 Å². The molecule has 1 aliphatic heterocycles. The summed E-state index contributed by atoms with van der Waals surface area (Å²) in [4.78, 5) is 46.9. The molecule has 0 aromatic heterocycles. The van der Waals surface area contributed by atoms with Gasteiger partial charge in [0, 0.05) is 25.7 Å². The number of unbranched alkanes of at least 4 members (excludes halogenated alkanes) is 3. The molecule has 5 rings (SSSR count). The number of nitrogens with two attached hydrogens (primary N) is 2. The second kappa shape index (κ2) is 16.5. The molecular weight excluding hydrogens is 642 g/mol. The molecule has 1 saturated carbocycles. The van der Waals surface area contributed by atoms with Gasteiger partial charge in [0.1, 0.15) is 11.8 Å². The molecule has 2 bridgehead atoms. The second-order valence-corrected chi connectivity index (χ2v) is 15.7. The molecule has 1 heterocycles. The number of carbonyl (C=O) groups excluding carboxylic acids is 3. The fraction of sp³-hybridized carbons (Fsp3) is 0.600. The fourth-order valence-corrected chi connectivity index (χ4v) is 8.65. The number of phenols is 1. The van der Waals surface area contributed by atoms with Gasteiger partial charge < -0.3 is 32.5 Å². The summed E-state index contributed by atoms with van der Waals surface area (Å²) in [7, 11) is 0. The standard InChI is InChI=1S/C40H59N7O4/c1-26(2)20-33(36(50)43-17-10-5-6-11-18-44-38(41)42)46-35(49)24-45-37(51)40(29-12-8-7-9-13-29)23-30(40)25-47-19-16-39(4)27(3)34(47)21-28-14-15-31(48)22-32(28)39/h7-9,12-15,22,26-27,30,33-34,48H,5-6,10-11,16-21,23-25H2,1-4H3,(H,43,50)(H,45,51)(H,46,49)(H4,41,42,44)/t27-,30-,33+,34+,39+,40+/m0/s1. The van der Waals surface area contributed by atoms with Crippen LogP contribution in [0.3, 0.4) is 0 Å². The van der Waals surface area contributed by atoms with Crippen LogP contribution in [0.5, 0.6) is 5.75 Å². The van der Waals surface area contributed by atoms with Gasteiger partial charge in [-0.25, -0.2) is 0 Å². The molecule has 2 aromatic rings. The highest BCUT2D eigenvalue weighted by Gasteiger charge is 2.62. The van der Waals surface area contributed by atoms with Crippen LogP contribution in [0.4, 0.5) is 0 Å². The Kier molecular flexibility index (Phi) is 12.3. The highest BCUT2D eigenvalue weighted by atomic mass is 16.3. The molecule has 3 amide bonds. The number of aliphatic imine (C=N–C) groups is 1. The molecule has 2 aromatic carbocycles. The largest absolute Gasteiger partial charge is 0.508 e. The molecule has 0 spiro atoms. The molecule has 8 N–H and O–H groups in total. The Morgan fingerprint density at radius 2 is 1.78 bits per heavy atom. The Morgan fingerprint density at radius 1 is 1.04 bits per heavy atom. The van der Waals surface area contributed by atoms with E-state index in [9.17, 15) is 19.5 Å². The lowest BCUT2D eigenvalue weighted by atomic mass is 9.59. The van der Waals surface area contributed by atoms with Crippen LogP contribution < -0.4 is 27.4 Å². The van der Waals surface area contributed by atoms with E-state index in [2.05, 4.69) is 45.8 Å².